The smallest absolute Gasteiger partial charge is 0.161 e. The van der Waals surface area contributed by atoms with Gasteiger partial charge < -0.3 is 9.16 Å². The van der Waals surface area contributed by atoms with Gasteiger partial charge in [0.15, 0.2) is 9.76 Å². The number of hydrogen-bond donors (Lipinski definition) is 0. The highest BCUT2D eigenvalue weighted by molar-refractivity contribution is 6.26. The van der Waals surface area contributed by atoms with Crippen LogP contribution in [0.5, 0.6) is 0 Å². The summed E-state index contributed by atoms with van der Waals surface area (Å²) in [6.07, 6.45) is 0.992. The fraction of sp³-hybridized carbons (Fsp3) is 0.500. The van der Waals surface area contributed by atoms with E-state index in [-0.39, 0.29) is 9.76 Å². The molecule has 0 aromatic heterocycles. The Morgan fingerprint density at radius 2 is 1.87 bits per heavy atom. The predicted molar refractivity (Wildman–Crippen MR) is 65.9 cm³/mol. The van der Waals surface area contributed by atoms with Gasteiger partial charge in [0, 0.05) is 0 Å². The molecule has 3 heteroatoms. The van der Waals surface area contributed by atoms with Crippen LogP contribution in [0.25, 0.3) is 0 Å². The predicted octanol–water partition coefficient (Wildman–Crippen LogP) is 1.78. The minimum atomic E-state index is -0.243. The van der Waals surface area contributed by atoms with Crippen LogP contribution in [0.1, 0.15) is 12.5 Å². The van der Waals surface area contributed by atoms with E-state index in [4.69, 9.17) is 9.16 Å². The molecule has 1 aromatic carbocycles. The van der Waals surface area contributed by atoms with Gasteiger partial charge in [0.2, 0.25) is 0 Å². The molecule has 0 saturated heterocycles. The average molecular weight is 224 g/mol. The fourth-order valence-electron chi connectivity index (χ4n) is 1.30. The van der Waals surface area contributed by atoms with Crippen molar-refractivity contribution < 1.29 is 9.16 Å². The van der Waals surface area contributed by atoms with E-state index in [0.29, 0.717) is 0 Å². The Morgan fingerprint density at radius 1 is 1.07 bits per heavy atom. The molecular weight excluding hydrogens is 204 g/mol. The molecule has 0 heterocycles. The van der Waals surface area contributed by atoms with Gasteiger partial charge in [-0.1, -0.05) is 37.3 Å². The van der Waals surface area contributed by atoms with E-state index in [0.717, 1.165) is 26.2 Å². The molecule has 0 aliphatic heterocycles. The highest BCUT2D eigenvalue weighted by Gasteiger charge is 1.92. The molecule has 0 atom stereocenters. The lowest BCUT2D eigenvalue weighted by Crippen LogP contribution is -2.08. The Labute approximate surface area is 94.5 Å². The molecule has 1 rings (SSSR count). The monoisotopic (exact) mass is 224 g/mol. The molecule has 0 aliphatic carbocycles. The van der Waals surface area contributed by atoms with Crippen LogP contribution >= 0.6 is 0 Å². The first-order chi connectivity index (χ1) is 7.43. The van der Waals surface area contributed by atoms with Crippen LogP contribution in [0.3, 0.4) is 0 Å². The van der Waals surface area contributed by atoms with Crippen molar-refractivity contribution in [2.75, 3.05) is 19.8 Å². The van der Waals surface area contributed by atoms with Crippen molar-refractivity contribution in [2.45, 2.75) is 19.4 Å². The summed E-state index contributed by atoms with van der Waals surface area (Å²) in [4.78, 5) is 0. The van der Waals surface area contributed by atoms with Crippen molar-refractivity contribution in [1.29, 1.82) is 0 Å². The van der Waals surface area contributed by atoms with E-state index >= 15 is 0 Å². The molecule has 0 spiro atoms. The van der Waals surface area contributed by atoms with Gasteiger partial charge in [-0.3, -0.25) is 0 Å². The van der Waals surface area contributed by atoms with Crippen molar-refractivity contribution in [1.82, 2.24) is 0 Å². The van der Waals surface area contributed by atoms with Gasteiger partial charge >= 0.3 is 0 Å². The molecule has 0 fully saturated rings. The highest BCUT2D eigenvalue weighted by Crippen LogP contribution is 1.99. The fourth-order valence-corrected chi connectivity index (χ4v) is 1.91. The molecule has 2 nitrogen and oxygen atoms in total. The summed E-state index contributed by atoms with van der Waals surface area (Å²) >= 11 is 0. The lowest BCUT2D eigenvalue weighted by Gasteiger charge is -2.05. The molecule has 0 saturated carbocycles. The Morgan fingerprint density at radius 3 is 2.60 bits per heavy atom. The third-order valence-electron chi connectivity index (χ3n) is 2.10. The van der Waals surface area contributed by atoms with Crippen LogP contribution < -0.4 is 0 Å². The second-order valence-corrected chi connectivity index (χ2v) is 5.28. The van der Waals surface area contributed by atoms with Gasteiger partial charge in [0.05, 0.1) is 19.8 Å². The minimum absolute atomic E-state index is 0.243. The summed E-state index contributed by atoms with van der Waals surface area (Å²) < 4.78 is 10.9. The lowest BCUT2D eigenvalue weighted by atomic mass is 10.2. The third-order valence-corrected chi connectivity index (χ3v) is 3.08. The van der Waals surface area contributed by atoms with Gasteiger partial charge in [-0.05, 0) is 18.0 Å². The zero-order chi connectivity index (χ0) is 10.8. The zero-order valence-corrected chi connectivity index (χ0v) is 10.9. The topological polar surface area (TPSA) is 18.5 Å². The molecule has 0 unspecified atom stereocenters. The summed E-state index contributed by atoms with van der Waals surface area (Å²) in [6.45, 7) is 4.47. The van der Waals surface area contributed by atoms with E-state index in [9.17, 15) is 0 Å². The van der Waals surface area contributed by atoms with Crippen molar-refractivity contribution in [3.05, 3.63) is 35.9 Å². The number of ether oxygens (including phenoxy) is 1. The molecule has 0 aliphatic rings. The van der Waals surface area contributed by atoms with Gasteiger partial charge in [-0.2, -0.15) is 0 Å². The summed E-state index contributed by atoms with van der Waals surface area (Å²) in [5.41, 5.74) is 1.33. The molecule has 0 bridgehead atoms. The summed E-state index contributed by atoms with van der Waals surface area (Å²) in [6, 6.07) is 11.6. The van der Waals surface area contributed by atoms with E-state index in [1.165, 1.54) is 11.6 Å². The Bertz CT molecular complexity index is 239. The van der Waals surface area contributed by atoms with Crippen LogP contribution in [0, 0.1) is 0 Å². The largest absolute Gasteiger partial charge is 0.422 e. The average Bonchev–Trinajstić information content (AvgIpc) is 2.29. The first-order valence-corrected chi connectivity index (χ1v) is 7.20. The zero-order valence-electron chi connectivity index (χ0n) is 9.45. The summed E-state index contributed by atoms with van der Waals surface area (Å²) in [5, 5.41) is 0. The Hall–Kier alpha value is -0.643. The van der Waals surface area contributed by atoms with Crippen LogP contribution in [-0.2, 0) is 15.6 Å². The summed E-state index contributed by atoms with van der Waals surface area (Å²) in [7, 11) is -0.243. The van der Waals surface area contributed by atoms with Crippen LogP contribution in [0.4, 0.5) is 0 Å². The molecule has 84 valence electrons. The number of benzene rings is 1. The normalized spacial score (nSPS) is 11.3. The Balaban J connectivity index is 1.93. The highest BCUT2D eigenvalue weighted by atomic mass is 28.2. The lowest BCUT2D eigenvalue weighted by molar-refractivity contribution is 0.104. The van der Waals surface area contributed by atoms with E-state index < -0.39 is 0 Å². The molecule has 0 radical (unpaired) electrons. The van der Waals surface area contributed by atoms with E-state index in [1.54, 1.807) is 0 Å². The molecule has 15 heavy (non-hydrogen) atoms. The maximum Gasteiger partial charge on any atom is 0.161 e. The number of rotatable bonds is 8. The quantitative estimate of drug-likeness (QED) is 0.495. The summed E-state index contributed by atoms with van der Waals surface area (Å²) in [5.74, 6) is 0. The minimum Gasteiger partial charge on any atom is -0.422 e. The SMILES string of the molecule is CC[SiH2]OCCOCCc1ccccc1. The van der Waals surface area contributed by atoms with E-state index in [1.807, 2.05) is 6.07 Å². The van der Waals surface area contributed by atoms with Gasteiger partial charge in [0.25, 0.3) is 0 Å². The van der Waals surface area contributed by atoms with Gasteiger partial charge in [-0.25, -0.2) is 0 Å². The maximum absolute atomic E-state index is 5.48. The molecule has 0 amide bonds. The maximum atomic E-state index is 5.48. The molecular formula is C12H20O2Si. The van der Waals surface area contributed by atoms with Crippen molar-refractivity contribution >= 4 is 9.76 Å². The Kier molecular flexibility index (Phi) is 7.16. The van der Waals surface area contributed by atoms with Gasteiger partial charge in [-0.15, -0.1) is 0 Å². The standard InChI is InChI=1S/C12H20O2Si/c1-2-15-14-11-10-13-9-8-12-6-4-3-5-7-12/h3-7H,2,8-11,15H2,1H3. The van der Waals surface area contributed by atoms with Crippen LogP contribution in [0.2, 0.25) is 6.04 Å². The second kappa shape index (κ2) is 8.65. The molecule has 0 N–H and O–H groups in total. The van der Waals surface area contributed by atoms with Crippen molar-refractivity contribution in [3.63, 3.8) is 0 Å². The second-order valence-electron chi connectivity index (χ2n) is 3.46. The first kappa shape index (κ1) is 12.4. The van der Waals surface area contributed by atoms with Crippen LogP contribution in [-0.4, -0.2) is 29.6 Å². The van der Waals surface area contributed by atoms with Gasteiger partial charge in [0.1, 0.15) is 0 Å². The van der Waals surface area contributed by atoms with Crippen molar-refractivity contribution in [3.8, 4) is 0 Å². The van der Waals surface area contributed by atoms with Crippen molar-refractivity contribution in [2.24, 2.45) is 0 Å². The van der Waals surface area contributed by atoms with Crippen LogP contribution in [0.15, 0.2) is 30.3 Å². The van der Waals surface area contributed by atoms with E-state index in [2.05, 4.69) is 31.2 Å². The number of hydrogen-bond acceptors (Lipinski definition) is 2. The third kappa shape index (κ3) is 6.44. The first-order valence-electron chi connectivity index (χ1n) is 5.63. The molecule has 1 aromatic rings.